The molecule has 15 heavy (non-hydrogen) atoms. The van der Waals surface area contributed by atoms with Crippen molar-refractivity contribution in [2.45, 2.75) is 0 Å². The summed E-state index contributed by atoms with van der Waals surface area (Å²) < 4.78 is 0. The molecule has 0 spiro atoms. The second-order valence-electron chi connectivity index (χ2n) is 3.11. The maximum absolute atomic E-state index is 5.69. The zero-order chi connectivity index (χ0) is 10.3. The van der Waals surface area contributed by atoms with Gasteiger partial charge in [0.1, 0.15) is 12.0 Å². The Hall–Kier alpha value is -2.37. The van der Waals surface area contributed by atoms with E-state index in [9.17, 15) is 0 Å². The lowest BCUT2D eigenvalue weighted by atomic mass is 10.1. The Balaban J connectivity index is 2.27. The van der Waals surface area contributed by atoms with Crippen molar-refractivity contribution in [1.82, 2.24) is 20.4 Å². The summed E-state index contributed by atoms with van der Waals surface area (Å²) in [5.41, 5.74) is 11.7. The molecule has 0 amide bonds. The number of fused-ring (bicyclic) bond motifs is 1. The highest BCUT2D eigenvalue weighted by atomic mass is 15.3. The Labute approximate surface area is 84.9 Å². The van der Waals surface area contributed by atoms with E-state index in [1.807, 2.05) is 12.3 Å². The van der Waals surface area contributed by atoms with Gasteiger partial charge in [-0.05, 0) is 6.07 Å². The minimum Gasteiger partial charge on any atom is -0.382 e. The summed E-state index contributed by atoms with van der Waals surface area (Å²) in [5, 5.41) is 4.66. The van der Waals surface area contributed by atoms with Crippen molar-refractivity contribution >= 4 is 22.4 Å². The predicted octanol–water partition coefficient (Wildman–Crippen LogP) is 0.189. The van der Waals surface area contributed by atoms with Gasteiger partial charge >= 0.3 is 0 Å². The lowest BCUT2D eigenvalue weighted by molar-refractivity contribution is 0.970. The fourth-order valence-electron chi connectivity index (χ4n) is 1.54. The van der Waals surface area contributed by atoms with E-state index >= 15 is 0 Å². The average Bonchev–Trinajstić information content (AvgIpc) is 2.85. The summed E-state index contributed by atoms with van der Waals surface area (Å²) in [6.07, 6.45) is 4.90. The van der Waals surface area contributed by atoms with Gasteiger partial charge in [-0.3, -0.25) is 0 Å². The van der Waals surface area contributed by atoms with Gasteiger partial charge in [-0.25, -0.2) is 9.97 Å². The molecule has 1 aliphatic rings. The van der Waals surface area contributed by atoms with E-state index in [2.05, 4.69) is 25.5 Å². The third kappa shape index (κ3) is 1.08. The molecule has 0 atom stereocenters. The van der Waals surface area contributed by atoms with E-state index in [1.165, 1.54) is 6.33 Å². The number of rotatable bonds is 1. The molecule has 1 aliphatic heterocycles. The van der Waals surface area contributed by atoms with Crippen LogP contribution in [0.3, 0.4) is 0 Å². The number of aromatic nitrogens is 3. The van der Waals surface area contributed by atoms with Gasteiger partial charge in [-0.15, -0.1) is 5.10 Å². The second-order valence-corrected chi connectivity index (χ2v) is 3.11. The highest BCUT2D eigenvalue weighted by Gasteiger charge is 2.16. The summed E-state index contributed by atoms with van der Waals surface area (Å²) >= 11 is 0. The first kappa shape index (κ1) is 7.98. The van der Waals surface area contributed by atoms with Crippen LogP contribution in [0.1, 0.15) is 5.69 Å². The van der Waals surface area contributed by atoms with Gasteiger partial charge in [0, 0.05) is 11.6 Å². The van der Waals surface area contributed by atoms with Crippen LogP contribution in [0.2, 0.25) is 0 Å². The van der Waals surface area contributed by atoms with Gasteiger partial charge in [0.15, 0.2) is 5.84 Å². The van der Waals surface area contributed by atoms with Crippen LogP contribution >= 0.6 is 0 Å². The zero-order valence-electron chi connectivity index (χ0n) is 7.68. The molecular formula is C9H7N6. The number of aromatic amines is 1. The number of H-pyrrole nitrogens is 1. The molecule has 3 N–H and O–H groups in total. The van der Waals surface area contributed by atoms with Crippen molar-refractivity contribution in [3.63, 3.8) is 0 Å². The molecule has 0 aliphatic carbocycles. The average molecular weight is 199 g/mol. The molecule has 0 fully saturated rings. The molecule has 0 unspecified atom stereocenters. The van der Waals surface area contributed by atoms with Crippen LogP contribution in [0.4, 0.5) is 0 Å². The smallest absolute Gasteiger partial charge is 0.157 e. The molecule has 0 saturated carbocycles. The second kappa shape index (κ2) is 2.81. The SMILES string of the molecule is NC1=N[N]C=C1c1ncnc2[nH]ccc12. The summed E-state index contributed by atoms with van der Waals surface area (Å²) in [7, 11) is 0. The Kier molecular flexibility index (Phi) is 1.49. The van der Waals surface area contributed by atoms with Crippen molar-refractivity contribution in [2.75, 3.05) is 0 Å². The zero-order valence-corrected chi connectivity index (χ0v) is 7.68. The van der Waals surface area contributed by atoms with Gasteiger partial charge in [0.2, 0.25) is 0 Å². The van der Waals surface area contributed by atoms with Crippen molar-refractivity contribution in [2.24, 2.45) is 10.8 Å². The van der Waals surface area contributed by atoms with Crippen LogP contribution in [-0.4, -0.2) is 20.8 Å². The summed E-state index contributed by atoms with van der Waals surface area (Å²) in [6, 6.07) is 1.90. The fraction of sp³-hybridized carbons (Fsp3) is 0. The van der Waals surface area contributed by atoms with Gasteiger partial charge in [0.05, 0.1) is 17.5 Å². The first-order chi connectivity index (χ1) is 7.36. The Bertz CT molecular complexity index is 579. The lowest BCUT2D eigenvalue weighted by Gasteiger charge is -2.01. The highest BCUT2D eigenvalue weighted by molar-refractivity contribution is 6.24. The van der Waals surface area contributed by atoms with Gasteiger partial charge in [-0.1, -0.05) is 0 Å². The molecule has 0 saturated heterocycles. The van der Waals surface area contributed by atoms with Crippen LogP contribution in [0, 0.1) is 0 Å². The van der Waals surface area contributed by atoms with E-state index in [0.29, 0.717) is 5.84 Å². The predicted molar refractivity (Wildman–Crippen MR) is 55.6 cm³/mol. The fourth-order valence-corrected chi connectivity index (χ4v) is 1.54. The number of amidine groups is 1. The van der Waals surface area contributed by atoms with E-state index < -0.39 is 0 Å². The molecular weight excluding hydrogens is 192 g/mol. The summed E-state index contributed by atoms with van der Waals surface area (Å²) in [5.74, 6) is 0.385. The topological polar surface area (TPSA) is 94.1 Å². The number of hydrogen-bond acceptors (Lipinski definition) is 4. The first-order valence-electron chi connectivity index (χ1n) is 4.38. The van der Waals surface area contributed by atoms with Crippen molar-refractivity contribution in [3.8, 4) is 0 Å². The molecule has 6 heteroatoms. The minimum absolute atomic E-state index is 0.385. The Morgan fingerprint density at radius 3 is 3.00 bits per heavy atom. The molecule has 3 rings (SSSR count). The molecule has 0 bridgehead atoms. The van der Waals surface area contributed by atoms with Crippen molar-refractivity contribution in [1.29, 1.82) is 0 Å². The molecule has 2 aromatic heterocycles. The monoisotopic (exact) mass is 199 g/mol. The standard InChI is InChI=1S/C9H7N6/c10-8-6(3-14-15-8)7-5-1-2-11-9(5)13-4-12-7/h1-4H,(H2,10,15)(H,11,12,13). The Morgan fingerprint density at radius 2 is 2.20 bits per heavy atom. The van der Waals surface area contributed by atoms with Crippen LogP contribution in [0.15, 0.2) is 29.9 Å². The molecule has 1 radical (unpaired) electrons. The molecule has 73 valence electrons. The largest absolute Gasteiger partial charge is 0.382 e. The minimum atomic E-state index is 0.385. The molecule has 6 nitrogen and oxygen atoms in total. The molecule has 0 aromatic carbocycles. The lowest BCUT2D eigenvalue weighted by Crippen LogP contribution is -2.12. The van der Waals surface area contributed by atoms with Gasteiger partial charge < -0.3 is 10.7 Å². The van der Waals surface area contributed by atoms with Crippen molar-refractivity contribution < 1.29 is 0 Å². The van der Waals surface area contributed by atoms with Gasteiger partial charge in [0.25, 0.3) is 0 Å². The summed E-state index contributed by atoms with van der Waals surface area (Å²) in [4.78, 5) is 11.3. The van der Waals surface area contributed by atoms with Crippen LogP contribution < -0.4 is 11.2 Å². The van der Waals surface area contributed by atoms with Crippen LogP contribution in [0.25, 0.3) is 16.6 Å². The van der Waals surface area contributed by atoms with Crippen LogP contribution in [0.5, 0.6) is 0 Å². The third-order valence-corrected chi connectivity index (χ3v) is 2.24. The van der Waals surface area contributed by atoms with Crippen molar-refractivity contribution in [3.05, 3.63) is 30.5 Å². The number of hydrogen-bond donors (Lipinski definition) is 2. The quantitative estimate of drug-likeness (QED) is 0.686. The van der Waals surface area contributed by atoms with E-state index in [-0.39, 0.29) is 0 Å². The Morgan fingerprint density at radius 1 is 1.27 bits per heavy atom. The normalized spacial score (nSPS) is 14.9. The van der Waals surface area contributed by atoms with Crippen LogP contribution in [-0.2, 0) is 0 Å². The highest BCUT2D eigenvalue weighted by Crippen LogP contribution is 2.22. The number of nitrogens with two attached hydrogens (primary N) is 1. The third-order valence-electron chi connectivity index (χ3n) is 2.24. The summed E-state index contributed by atoms with van der Waals surface area (Å²) in [6.45, 7) is 0. The maximum Gasteiger partial charge on any atom is 0.157 e. The molecule has 2 aromatic rings. The van der Waals surface area contributed by atoms with E-state index in [4.69, 9.17) is 5.73 Å². The van der Waals surface area contributed by atoms with E-state index in [0.717, 1.165) is 22.3 Å². The van der Waals surface area contributed by atoms with E-state index in [1.54, 1.807) is 6.20 Å². The maximum atomic E-state index is 5.69. The number of nitrogens with zero attached hydrogens (tertiary/aromatic N) is 4. The first-order valence-corrected chi connectivity index (χ1v) is 4.38. The molecule has 3 heterocycles. The van der Waals surface area contributed by atoms with Gasteiger partial charge in [-0.2, -0.15) is 5.43 Å². The number of nitrogens with one attached hydrogen (secondary N) is 1.